The molecule has 1 atom stereocenters. The second kappa shape index (κ2) is 6.03. The molecule has 5 nitrogen and oxygen atoms in total. The second-order valence-electron chi connectivity index (χ2n) is 4.39. The summed E-state index contributed by atoms with van der Waals surface area (Å²) in [4.78, 5) is 13.4. The molecule has 1 unspecified atom stereocenters. The van der Waals surface area contributed by atoms with Crippen LogP contribution in [0.4, 0.5) is 0 Å². The van der Waals surface area contributed by atoms with E-state index in [1.807, 2.05) is 6.20 Å². The molecule has 18 heavy (non-hydrogen) atoms. The molecule has 100 valence electrons. The van der Waals surface area contributed by atoms with Gasteiger partial charge in [0, 0.05) is 22.9 Å². The predicted octanol–water partition coefficient (Wildman–Crippen LogP) is 1.51. The van der Waals surface area contributed by atoms with E-state index in [9.17, 15) is 4.79 Å². The molecule has 1 aliphatic heterocycles. The van der Waals surface area contributed by atoms with Gasteiger partial charge in [0.25, 0.3) is 0 Å². The van der Waals surface area contributed by atoms with E-state index in [1.165, 1.54) is 0 Å². The van der Waals surface area contributed by atoms with Crippen molar-refractivity contribution in [3.05, 3.63) is 21.5 Å². The van der Waals surface area contributed by atoms with Crippen LogP contribution in [0.5, 0.6) is 0 Å². The Hall–Kier alpha value is -0.600. The van der Waals surface area contributed by atoms with Crippen LogP contribution in [0.2, 0.25) is 0 Å². The Morgan fingerprint density at radius 2 is 2.44 bits per heavy atom. The monoisotopic (exact) mass is 364 g/mol. The minimum atomic E-state index is -0.888. The van der Waals surface area contributed by atoms with E-state index < -0.39 is 5.97 Å². The maximum Gasteiger partial charge on any atom is 0.352 e. The van der Waals surface area contributed by atoms with Crippen LogP contribution in [0.25, 0.3) is 0 Å². The van der Waals surface area contributed by atoms with Gasteiger partial charge in [0.05, 0.1) is 19.3 Å². The van der Waals surface area contributed by atoms with Crippen molar-refractivity contribution in [1.29, 1.82) is 0 Å². The van der Waals surface area contributed by atoms with E-state index in [1.54, 1.807) is 10.6 Å². The zero-order valence-corrected chi connectivity index (χ0v) is 12.5. The van der Waals surface area contributed by atoms with Crippen molar-refractivity contribution in [1.82, 2.24) is 9.47 Å². The summed E-state index contributed by atoms with van der Waals surface area (Å²) in [5, 5.41) is 9.13. The molecule has 1 saturated heterocycles. The first-order valence-corrected chi connectivity index (χ1v) is 7.11. The summed E-state index contributed by atoms with van der Waals surface area (Å²) in [5.74, 6) is -0.888. The molecular formula is C12H17IN2O3. The average molecular weight is 364 g/mol. The van der Waals surface area contributed by atoms with Gasteiger partial charge in [-0.15, -0.1) is 0 Å². The van der Waals surface area contributed by atoms with Gasteiger partial charge in [-0.05, 0) is 35.2 Å². The van der Waals surface area contributed by atoms with Gasteiger partial charge in [0.2, 0.25) is 0 Å². The van der Waals surface area contributed by atoms with Crippen LogP contribution in [0, 0.1) is 3.57 Å². The molecule has 2 heterocycles. The Kier molecular flexibility index (Phi) is 4.63. The fourth-order valence-corrected chi connectivity index (χ4v) is 2.83. The quantitative estimate of drug-likeness (QED) is 0.824. The topological polar surface area (TPSA) is 54.7 Å². The van der Waals surface area contributed by atoms with E-state index in [4.69, 9.17) is 9.84 Å². The van der Waals surface area contributed by atoms with E-state index in [-0.39, 0.29) is 6.10 Å². The van der Waals surface area contributed by atoms with Crippen LogP contribution in [0.1, 0.15) is 17.4 Å². The molecule has 0 radical (unpaired) electrons. The van der Waals surface area contributed by atoms with Crippen LogP contribution in [-0.4, -0.2) is 52.9 Å². The summed E-state index contributed by atoms with van der Waals surface area (Å²) in [5.41, 5.74) is 0.330. The molecule has 1 fully saturated rings. The van der Waals surface area contributed by atoms with E-state index in [0.29, 0.717) is 12.2 Å². The molecule has 6 heteroatoms. The third-order valence-corrected chi connectivity index (χ3v) is 3.74. The highest BCUT2D eigenvalue weighted by Crippen LogP contribution is 2.14. The number of carboxylic acid groups (broad SMARTS) is 1. The van der Waals surface area contributed by atoms with Crippen molar-refractivity contribution >= 4 is 28.6 Å². The lowest BCUT2D eigenvalue weighted by Crippen LogP contribution is -2.44. The Bertz CT molecular complexity index is 433. The first kappa shape index (κ1) is 13.8. The number of likely N-dealkylation sites (N-methyl/N-ethyl adjacent to an activating group) is 1. The van der Waals surface area contributed by atoms with Gasteiger partial charge in [0.15, 0.2) is 0 Å². The summed E-state index contributed by atoms with van der Waals surface area (Å²) in [6.07, 6.45) is 1.93. The number of hydrogen-bond acceptors (Lipinski definition) is 3. The Balaban J connectivity index is 2.06. The number of rotatable bonds is 4. The fourth-order valence-electron chi connectivity index (χ4n) is 2.20. The number of ether oxygens (including phenoxy) is 1. The number of nitrogens with zero attached hydrogens (tertiary/aromatic N) is 2. The molecule has 0 aliphatic carbocycles. The number of hydrogen-bond donors (Lipinski definition) is 1. The van der Waals surface area contributed by atoms with Crippen LogP contribution in [0.3, 0.4) is 0 Å². The molecule has 0 bridgehead atoms. The molecule has 1 N–H and O–H groups in total. The zero-order chi connectivity index (χ0) is 13.1. The maximum absolute atomic E-state index is 11.1. The summed E-state index contributed by atoms with van der Waals surface area (Å²) < 4.78 is 8.41. The van der Waals surface area contributed by atoms with Crippen molar-refractivity contribution < 1.29 is 14.6 Å². The lowest BCUT2D eigenvalue weighted by atomic mass is 10.2. The zero-order valence-electron chi connectivity index (χ0n) is 10.3. The molecule has 1 aliphatic rings. The third kappa shape index (κ3) is 3.24. The van der Waals surface area contributed by atoms with Crippen LogP contribution in [0.15, 0.2) is 12.3 Å². The van der Waals surface area contributed by atoms with Crippen molar-refractivity contribution in [2.24, 2.45) is 0 Å². The number of aromatic carboxylic acids is 1. The highest BCUT2D eigenvalue weighted by molar-refractivity contribution is 14.1. The Morgan fingerprint density at radius 3 is 3.11 bits per heavy atom. The molecule has 1 aromatic rings. The molecule has 1 aromatic heterocycles. The summed E-state index contributed by atoms with van der Waals surface area (Å²) in [7, 11) is 0. The van der Waals surface area contributed by atoms with E-state index >= 15 is 0 Å². The van der Waals surface area contributed by atoms with Crippen molar-refractivity contribution in [3.8, 4) is 0 Å². The minimum Gasteiger partial charge on any atom is -0.477 e. The standard InChI is InChI=1S/C12H17IN2O3/c1-2-14-3-4-18-10(7-14)8-15-6-9(13)5-11(15)12(16)17/h5-6,10H,2-4,7-8H2,1H3,(H,16,17). The smallest absolute Gasteiger partial charge is 0.352 e. The average Bonchev–Trinajstić information content (AvgIpc) is 2.70. The predicted molar refractivity (Wildman–Crippen MR) is 76.0 cm³/mol. The number of morpholine rings is 1. The minimum absolute atomic E-state index is 0.0694. The van der Waals surface area contributed by atoms with Crippen molar-refractivity contribution in [2.45, 2.75) is 19.6 Å². The van der Waals surface area contributed by atoms with Gasteiger partial charge in [-0.2, -0.15) is 0 Å². The van der Waals surface area contributed by atoms with E-state index in [2.05, 4.69) is 34.4 Å². The first-order chi connectivity index (χ1) is 8.60. The van der Waals surface area contributed by atoms with Gasteiger partial charge in [0.1, 0.15) is 5.69 Å². The number of carbonyl (C=O) groups is 1. The summed E-state index contributed by atoms with van der Waals surface area (Å²) >= 11 is 2.13. The summed E-state index contributed by atoms with van der Waals surface area (Å²) in [6, 6.07) is 1.68. The van der Waals surface area contributed by atoms with Crippen LogP contribution < -0.4 is 0 Å². The highest BCUT2D eigenvalue weighted by Gasteiger charge is 2.21. The normalized spacial score (nSPS) is 21.1. The van der Waals surface area contributed by atoms with Crippen LogP contribution >= 0.6 is 22.6 Å². The number of aromatic nitrogens is 1. The van der Waals surface area contributed by atoms with Gasteiger partial charge in [-0.25, -0.2) is 4.79 Å². The fraction of sp³-hybridized carbons (Fsp3) is 0.583. The number of halogens is 1. The Morgan fingerprint density at radius 1 is 1.67 bits per heavy atom. The molecule has 0 spiro atoms. The molecule has 2 rings (SSSR count). The van der Waals surface area contributed by atoms with Crippen molar-refractivity contribution in [3.63, 3.8) is 0 Å². The second-order valence-corrected chi connectivity index (χ2v) is 5.63. The first-order valence-electron chi connectivity index (χ1n) is 6.03. The SMILES string of the molecule is CCN1CCOC(Cn2cc(I)cc2C(=O)O)C1. The number of carboxylic acids is 1. The maximum atomic E-state index is 11.1. The largest absolute Gasteiger partial charge is 0.477 e. The van der Waals surface area contributed by atoms with Crippen LogP contribution in [-0.2, 0) is 11.3 Å². The lowest BCUT2D eigenvalue weighted by molar-refractivity contribution is -0.0345. The third-order valence-electron chi connectivity index (χ3n) is 3.15. The Labute approximate surface area is 120 Å². The van der Waals surface area contributed by atoms with E-state index in [0.717, 1.165) is 29.8 Å². The highest BCUT2D eigenvalue weighted by atomic mass is 127. The molecule has 0 saturated carbocycles. The van der Waals surface area contributed by atoms with Crippen molar-refractivity contribution in [2.75, 3.05) is 26.2 Å². The molecule has 0 aromatic carbocycles. The van der Waals surface area contributed by atoms with Gasteiger partial charge >= 0.3 is 5.97 Å². The summed E-state index contributed by atoms with van der Waals surface area (Å²) in [6.45, 7) is 6.28. The van der Waals surface area contributed by atoms with Gasteiger partial charge in [-0.3, -0.25) is 4.90 Å². The molecule has 0 amide bonds. The lowest BCUT2D eigenvalue weighted by Gasteiger charge is -2.32. The van der Waals surface area contributed by atoms with Gasteiger partial charge < -0.3 is 14.4 Å². The molecular weight excluding hydrogens is 347 g/mol. The van der Waals surface area contributed by atoms with Gasteiger partial charge in [-0.1, -0.05) is 6.92 Å².